The molecule has 3 unspecified atom stereocenters. The molecule has 1 fully saturated rings. The zero-order valence-electron chi connectivity index (χ0n) is 9.86. The molecule has 3 heteroatoms. The van der Waals surface area contributed by atoms with Crippen LogP contribution in [0.2, 0.25) is 0 Å². The predicted octanol–water partition coefficient (Wildman–Crippen LogP) is 2.48. The highest BCUT2D eigenvalue weighted by molar-refractivity contribution is 5.03. The normalized spacial score (nSPS) is 27.9. The van der Waals surface area contributed by atoms with Gasteiger partial charge in [-0.1, -0.05) is 12.8 Å². The van der Waals surface area contributed by atoms with Crippen LogP contribution in [-0.4, -0.2) is 17.8 Å². The van der Waals surface area contributed by atoms with E-state index in [1.54, 1.807) is 6.26 Å². The van der Waals surface area contributed by atoms with E-state index in [9.17, 15) is 5.11 Å². The molecular formula is C13H21NO2. The van der Waals surface area contributed by atoms with E-state index in [1.165, 1.54) is 12.8 Å². The van der Waals surface area contributed by atoms with Gasteiger partial charge >= 0.3 is 0 Å². The first kappa shape index (κ1) is 11.7. The summed E-state index contributed by atoms with van der Waals surface area (Å²) >= 11 is 0. The van der Waals surface area contributed by atoms with Crippen molar-refractivity contribution in [1.29, 1.82) is 0 Å². The second kappa shape index (κ2) is 5.51. The summed E-state index contributed by atoms with van der Waals surface area (Å²) in [5.74, 6) is 1.37. The Morgan fingerprint density at radius 1 is 1.50 bits per heavy atom. The molecule has 0 aliphatic heterocycles. The second-order valence-electron chi connectivity index (χ2n) is 4.76. The second-order valence-corrected chi connectivity index (χ2v) is 4.76. The number of rotatable bonds is 4. The SMILES string of the molecule is CC(NCC1CCCCC1O)c1ccco1. The van der Waals surface area contributed by atoms with Crippen LogP contribution >= 0.6 is 0 Å². The van der Waals surface area contributed by atoms with Crippen LogP contribution in [0.3, 0.4) is 0 Å². The van der Waals surface area contributed by atoms with Gasteiger partial charge in [0.1, 0.15) is 5.76 Å². The number of aliphatic hydroxyl groups is 1. The number of aliphatic hydroxyl groups excluding tert-OH is 1. The molecule has 16 heavy (non-hydrogen) atoms. The maximum Gasteiger partial charge on any atom is 0.120 e. The van der Waals surface area contributed by atoms with Crippen molar-refractivity contribution in [3.05, 3.63) is 24.2 Å². The van der Waals surface area contributed by atoms with Gasteiger partial charge in [0, 0.05) is 6.54 Å². The van der Waals surface area contributed by atoms with Crippen LogP contribution in [0.4, 0.5) is 0 Å². The fourth-order valence-corrected chi connectivity index (χ4v) is 2.39. The predicted molar refractivity (Wildman–Crippen MR) is 63.1 cm³/mol. The number of hydrogen-bond acceptors (Lipinski definition) is 3. The van der Waals surface area contributed by atoms with Crippen LogP contribution < -0.4 is 5.32 Å². The summed E-state index contributed by atoms with van der Waals surface area (Å²) < 4.78 is 5.34. The van der Waals surface area contributed by atoms with Crippen molar-refractivity contribution in [3.8, 4) is 0 Å². The standard InChI is InChI=1S/C13H21NO2/c1-10(13-7-4-8-16-13)14-9-11-5-2-3-6-12(11)15/h4,7-8,10-12,14-15H,2-3,5-6,9H2,1H3. The molecule has 2 N–H and O–H groups in total. The number of hydrogen-bond donors (Lipinski definition) is 2. The Hall–Kier alpha value is -0.800. The molecule has 1 aromatic heterocycles. The topological polar surface area (TPSA) is 45.4 Å². The largest absolute Gasteiger partial charge is 0.468 e. The van der Waals surface area contributed by atoms with E-state index < -0.39 is 0 Å². The zero-order chi connectivity index (χ0) is 11.4. The highest BCUT2D eigenvalue weighted by atomic mass is 16.3. The average molecular weight is 223 g/mol. The monoisotopic (exact) mass is 223 g/mol. The quantitative estimate of drug-likeness (QED) is 0.824. The minimum absolute atomic E-state index is 0.120. The minimum Gasteiger partial charge on any atom is -0.468 e. The van der Waals surface area contributed by atoms with E-state index in [1.807, 2.05) is 12.1 Å². The van der Waals surface area contributed by atoms with E-state index in [0.29, 0.717) is 5.92 Å². The van der Waals surface area contributed by atoms with Crippen molar-refractivity contribution >= 4 is 0 Å². The third-order valence-corrected chi connectivity index (χ3v) is 3.53. The first-order valence-corrected chi connectivity index (χ1v) is 6.22. The maximum atomic E-state index is 9.85. The third-order valence-electron chi connectivity index (χ3n) is 3.53. The van der Waals surface area contributed by atoms with E-state index in [0.717, 1.165) is 25.1 Å². The molecule has 1 heterocycles. The third kappa shape index (κ3) is 2.86. The Labute approximate surface area is 96.8 Å². The first-order valence-electron chi connectivity index (χ1n) is 6.22. The highest BCUT2D eigenvalue weighted by Gasteiger charge is 2.23. The fourth-order valence-electron chi connectivity index (χ4n) is 2.39. The molecule has 3 atom stereocenters. The molecule has 1 saturated carbocycles. The summed E-state index contributed by atoms with van der Waals surface area (Å²) in [6.45, 7) is 2.97. The van der Waals surface area contributed by atoms with Crippen molar-refractivity contribution in [2.45, 2.75) is 44.8 Å². The Bertz CT molecular complexity index is 297. The van der Waals surface area contributed by atoms with Crippen molar-refractivity contribution in [3.63, 3.8) is 0 Å². The van der Waals surface area contributed by atoms with Gasteiger partial charge in [-0.2, -0.15) is 0 Å². The molecule has 1 aliphatic rings. The summed E-state index contributed by atoms with van der Waals surface area (Å²) in [6, 6.07) is 4.11. The molecule has 3 nitrogen and oxygen atoms in total. The molecule has 0 amide bonds. The van der Waals surface area contributed by atoms with Gasteiger partial charge in [-0.05, 0) is 37.8 Å². The van der Waals surface area contributed by atoms with Crippen LogP contribution in [0.1, 0.15) is 44.4 Å². The Morgan fingerprint density at radius 2 is 2.31 bits per heavy atom. The number of furan rings is 1. The van der Waals surface area contributed by atoms with Gasteiger partial charge in [-0.15, -0.1) is 0 Å². The molecule has 1 aromatic rings. The lowest BCUT2D eigenvalue weighted by atomic mass is 9.86. The van der Waals surface area contributed by atoms with Crippen LogP contribution in [-0.2, 0) is 0 Å². The lowest BCUT2D eigenvalue weighted by Gasteiger charge is -2.28. The molecule has 0 radical (unpaired) electrons. The molecule has 90 valence electrons. The van der Waals surface area contributed by atoms with E-state index in [-0.39, 0.29) is 12.1 Å². The van der Waals surface area contributed by atoms with Crippen molar-refractivity contribution in [2.75, 3.05) is 6.54 Å². The molecule has 0 aromatic carbocycles. The summed E-state index contributed by atoms with van der Waals surface area (Å²) in [5, 5.41) is 13.3. The molecule has 0 bridgehead atoms. The van der Waals surface area contributed by atoms with Gasteiger partial charge < -0.3 is 14.8 Å². The van der Waals surface area contributed by atoms with Gasteiger partial charge in [-0.3, -0.25) is 0 Å². The Balaban J connectivity index is 1.78. The Kier molecular flexibility index (Phi) is 4.02. The molecular weight excluding hydrogens is 202 g/mol. The van der Waals surface area contributed by atoms with E-state index in [4.69, 9.17) is 4.42 Å². The van der Waals surface area contributed by atoms with Crippen LogP contribution in [0.5, 0.6) is 0 Å². The van der Waals surface area contributed by atoms with Gasteiger partial charge in [0.15, 0.2) is 0 Å². The minimum atomic E-state index is -0.120. The van der Waals surface area contributed by atoms with Crippen LogP contribution in [0, 0.1) is 5.92 Å². The average Bonchev–Trinajstić information content (AvgIpc) is 2.81. The first-order chi connectivity index (χ1) is 7.77. The molecule has 2 rings (SSSR count). The van der Waals surface area contributed by atoms with Crippen molar-refractivity contribution < 1.29 is 9.52 Å². The number of nitrogens with one attached hydrogen (secondary N) is 1. The van der Waals surface area contributed by atoms with Crippen LogP contribution in [0.15, 0.2) is 22.8 Å². The lowest BCUT2D eigenvalue weighted by molar-refractivity contribution is 0.0680. The van der Waals surface area contributed by atoms with E-state index >= 15 is 0 Å². The van der Waals surface area contributed by atoms with Gasteiger partial charge in [0.25, 0.3) is 0 Å². The molecule has 0 saturated heterocycles. The Morgan fingerprint density at radius 3 is 3.00 bits per heavy atom. The summed E-state index contributed by atoms with van der Waals surface area (Å²) in [6.07, 6.45) is 6.10. The summed E-state index contributed by atoms with van der Waals surface area (Å²) in [7, 11) is 0. The lowest BCUT2D eigenvalue weighted by Crippen LogP contribution is -2.34. The summed E-state index contributed by atoms with van der Waals surface area (Å²) in [5.41, 5.74) is 0. The van der Waals surface area contributed by atoms with Crippen molar-refractivity contribution in [1.82, 2.24) is 5.32 Å². The van der Waals surface area contributed by atoms with Gasteiger partial charge in [0.2, 0.25) is 0 Å². The van der Waals surface area contributed by atoms with E-state index in [2.05, 4.69) is 12.2 Å². The highest BCUT2D eigenvalue weighted by Crippen LogP contribution is 2.24. The van der Waals surface area contributed by atoms with Crippen LogP contribution in [0.25, 0.3) is 0 Å². The smallest absolute Gasteiger partial charge is 0.120 e. The maximum absolute atomic E-state index is 9.85. The fraction of sp³-hybridized carbons (Fsp3) is 0.692. The zero-order valence-corrected chi connectivity index (χ0v) is 9.86. The van der Waals surface area contributed by atoms with Gasteiger partial charge in [-0.25, -0.2) is 0 Å². The molecule has 0 spiro atoms. The van der Waals surface area contributed by atoms with Crippen molar-refractivity contribution in [2.24, 2.45) is 5.92 Å². The van der Waals surface area contributed by atoms with Gasteiger partial charge in [0.05, 0.1) is 18.4 Å². The molecule has 1 aliphatic carbocycles. The summed E-state index contributed by atoms with van der Waals surface area (Å²) in [4.78, 5) is 0.